The molecule has 5 nitrogen and oxygen atoms in total. The van der Waals surface area contributed by atoms with Gasteiger partial charge >= 0.3 is 6.09 Å². The summed E-state index contributed by atoms with van der Waals surface area (Å²) in [5.74, 6) is 0. The molecule has 5 heteroatoms. The summed E-state index contributed by atoms with van der Waals surface area (Å²) in [6, 6.07) is 16.4. The number of fused-ring (bicyclic) bond motifs is 2. The fraction of sp³-hybridized carbons (Fsp3) is 0.136. The smallest absolute Gasteiger partial charge is 0.411 e. The molecule has 0 radical (unpaired) electrons. The summed E-state index contributed by atoms with van der Waals surface area (Å²) >= 11 is 0. The van der Waals surface area contributed by atoms with Crippen molar-refractivity contribution in [2.24, 2.45) is 0 Å². The summed E-state index contributed by atoms with van der Waals surface area (Å²) in [6.07, 6.45) is 7.71. The van der Waals surface area contributed by atoms with E-state index >= 15 is 0 Å². The summed E-state index contributed by atoms with van der Waals surface area (Å²) in [5.41, 5.74) is 4.23. The minimum atomic E-state index is -0.489. The van der Waals surface area contributed by atoms with Crippen LogP contribution in [0.1, 0.15) is 12.0 Å². The van der Waals surface area contributed by atoms with E-state index in [1.807, 2.05) is 66.8 Å². The minimum absolute atomic E-state index is 0.231. The lowest BCUT2D eigenvalue weighted by Crippen LogP contribution is -2.27. The number of anilines is 1. The number of carbonyl (C=O) groups excluding carboxylic acids is 1. The zero-order chi connectivity index (χ0) is 18.6. The fourth-order valence-corrected chi connectivity index (χ4v) is 3.44. The molecule has 134 valence electrons. The van der Waals surface area contributed by atoms with Crippen molar-refractivity contribution in [3.8, 4) is 0 Å². The van der Waals surface area contributed by atoms with Crippen LogP contribution in [-0.4, -0.2) is 23.5 Å². The number of hydrogen-bond donors (Lipinski definition) is 1. The predicted molar refractivity (Wildman–Crippen MR) is 105 cm³/mol. The van der Waals surface area contributed by atoms with E-state index in [2.05, 4.69) is 5.32 Å². The molecule has 2 aliphatic rings. The molecule has 1 aliphatic carbocycles. The Kier molecular flexibility index (Phi) is 4.66. The number of amides is 1. The van der Waals surface area contributed by atoms with Gasteiger partial charge in [-0.2, -0.15) is 0 Å². The maximum absolute atomic E-state index is 12.7. The third-order valence-electron chi connectivity index (χ3n) is 4.67. The second-order valence-electron chi connectivity index (χ2n) is 6.34. The molecule has 1 N–H and O–H groups in total. The number of ether oxygens (including phenoxy) is 1. The van der Waals surface area contributed by atoms with Crippen LogP contribution in [-0.2, 0) is 4.74 Å². The topological polar surface area (TPSA) is 58.4 Å². The molecule has 4 rings (SSSR count). The van der Waals surface area contributed by atoms with Crippen molar-refractivity contribution in [2.45, 2.75) is 12.5 Å². The highest BCUT2D eigenvalue weighted by Gasteiger charge is 2.38. The van der Waals surface area contributed by atoms with E-state index in [0.29, 0.717) is 17.8 Å². The van der Waals surface area contributed by atoms with E-state index in [0.717, 1.165) is 21.5 Å². The van der Waals surface area contributed by atoms with Gasteiger partial charge in [0.05, 0.1) is 12.2 Å². The Morgan fingerprint density at radius 3 is 2.67 bits per heavy atom. The number of allylic oxidation sites excluding steroid dienone is 2. The number of nitrogens with one attached hydrogen (secondary N) is 1. The zero-order valence-electron chi connectivity index (χ0n) is 14.7. The molecule has 1 amide bonds. The Hall–Kier alpha value is -3.47. The highest BCUT2D eigenvalue weighted by molar-refractivity contribution is 5.85. The van der Waals surface area contributed by atoms with Gasteiger partial charge in [-0.1, -0.05) is 48.6 Å². The molecule has 0 fully saturated rings. The second-order valence-corrected chi connectivity index (χ2v) is 6.34. The zero-order valence-corrected chi connectivity index (χ0v) is 14.7. The van der Waals surface area contributed by atoms with E-state index in [9.17, 15) is 9.70 Å². The SMILES string of the molecule is O=C(Nc1ccccc1)OCCC1=C2C=CC=CC2[N+](=O)c2ccccc21. The average Bonchev–Trinajstić information content (AvgIpc) is 2.71. The van der Waals surface area contributed by atoms with Crippen LogP contribution >= 0.6 is 0 Å². The number of carbonyl (C=O) groups is 1. The molecule has 0 saturated heterocycles. The number of nitrogens with zero attached hydrogens (tertiary/aromatic N) is 1. The van der Waals surface area contributed by atoms with Crippen LogP contribution in [0.3, 0.4) is 0 Å². The molecule has 0 bridgehead atoms. The maximum atomic E-state index is 12.7. The maximum Gasteiger partial charge on any atom is 0.411 e. The van der Waals surface area contributed by atoms with Crippen LogP contribution in [0.15, 0.2) is 84.5 Å². The molecule has 1 aliphatic heterocycles. The van der Waals surface area contributed by atoms with Gasteiger partial charge in [-0.15, -0.1) is 0 Å². The molecule has 2 aromatic rings. The molecular formula is C22H19N2O3+. The molecule has 0 saturated carbocycles. The fourth-order valence-electron chi connectivity index (χ4n) is 3.44. The number of hydrogen-bond acceptors (Lipinski definition) is 3. The van der Waals surface area contributed by atoms with Crippen LogP contribution in [0, 0.1) is 4.91 Å². The Morgan fingerprint density at radius 2 is 1.81 bits per heavy atom. The second kappa shape index (κ2) is 7.41. The Morgan fingerprint density at radius 1 is 1.04 bits per heavy atom. The van der Waals surface area contributed by atoms with Crippen molar-refractivity contribution >= 4 is 23.0 Å². The van der Waals surface area contributed by atoms with Gasteiger partial charge in [-0.05, 0) is 29.8 Å². The molecule has 0 aromatic heterocycles. The summed E-state index contributed by atoms with van der Waals surface area (Å²) in [7, 11) is 0. The highest BCUT2D eigenvalue weighted by Crippen LogP contribution is 2.40. The van der Waals surface area contributed by atoms with Gasteiger partial charge in [-0.3, -0.25) is 5.32 Å². The first-order valence-electron chi connectivity index (χ1n) is 8.86. The molecule has 2 aromatic carbocycles. The predicted octanol–water partition coefficient (Wildman–Crippen LogP) is 5.00. The van der Waals surface area contributed by atoms with E-state index in [1.54, 1.807) is 12.1 Å². The van der Waals surface area contributed by atoms with Gasteiger partial charge in [0, 0.05) is 33.4 Å². The molecule has 1 unspecified atom stereocenters. The van der Waals surface area contributed by atoms with Crippen LogP contribution in [0.5, 0.6) is 0 Å². The van der Waals surface area contributed by atoms with E-state index in [1.165, 1.54) is 0 Å². The molecule has 27 heavy (non-hydrogen) atoms. The van der Waals surface area contributed by atoms with Crippen LogP contribution in [0.4, 0.5) is 16.2 Å². The van der Waals surface area contributed by atoms with Crippen molar-refractivity contribution in [3.63, 3.8) is 0 Å². The summed E-state index contributed by atoms with van der Waals surface area (Å²) < 4.78 is 6.39. The standard InChI is InChI=1S/C22H18N2O3/c25-22(23-16-8-2-1-3-9-16)27-15-14-17-18-10-4-6-12-20(18)24(26)21-13-7-5-11-19(17)21/h1-13,20H,14-15H2/p+1. The summed E-state index contributed by atoms with van der Waals surface area (Å²) in [5, 5.41) is 2.70. The van der Waals surface area contributed by atoms with Crippen molar-refractivity contribution in [1.29, 1.82) is 0 Å². The van der Waals surface area contributed by atoms with Gasteiger partial charge in [0.1, 0.15) is 0 Å². The first-order chi connectivity index (χ1) is 13.2. The van der Waals surface area contributed by atoms with Gasteiger partial charge < -0.3 is 4.74 Å². The van der Waals surface area contributed by atoms with Crippen molar-refractivity contribution < 1.29 is 14.3 Å². The first-order valence-corrected chi connectivity index (χ1v) is 8.86. The summed E-state index contributed by atoms with van der Waals surface area (Å²) in [6.45, 7) is 0.231. The first kappa shape index (κ1) is 17.0. The quantitative estimate of drug-likeness (QED) is 0.782. The number of benzene rings is 2. The average molecular weight is 359 g/mol. The lowest BCUT2D eigenvalue weighted by Gasteiger charge is -2.22. The largest absolute Gasteiger partial charge is 0.449 e. The minimum Gasteiger partial charge on any atom is -0.449 e. The normalized spacial score (nSPS) is 17.3. The van der Waals surface area contributed by atoms with Crippen molar-refractivity contribution in [1.82, 2.24) is 0 Å². The monoisotopic (exact) mass is 359 g/mol. The van der Waals surface area contributed by atoms with E-state index in [-0.39, 0.29) is 12.6 Å². The third-order valence-corrected chi connectivity index (χ3v) is 4.67. The molecule has 1 atom stereocenters. The summed E-state index contributed by atoms with van der Waals surface area (Å²) in [4.78, 5) is 24.7. The van der Waals surface area contributed by atoms with Crippen LogP contribution in [0.2, 0.25) is 0 Å². The third kappa shape index (κ3) is 3.44. The van der Waals surface area contributed by atoms with E-state index in [4.69, 9.17) is 4.74 Å². The van der Waals surface area contributed by atoms with E-state index < -0.39 is 6.09 Å². The van der Waals surface area contributed by atoms with Crippen molar-refractivity contribution in [3.05, 3.63) is 94.9 Å². The molecular weight excluding hydrogens is 340 g/mol. The molecule has 0 spiro atoms. The van der Waals surface area contributed by atoms with Gasteiger partial charge in [0.25, 0.3) is 11.7 Å². The number of para-hydroxylation sites is 2. The Bertz CT molecular complexity index is 974. The number of rotatable bonds is 4. The lowest BCUT2D eigenvalue weighted by atomic mass is 9.86. The van der Waals surface area contributed by atoms with Gasteiger partial charge in [0.2, 0.25) is 0 Å². The van der Waals surface area contributed by atoms with Crippen LogP contribution < -0.4 is 5.32 Å². The molecule has 1 heterocycles. The van der Waals surface area contributed by atoms with Crippen molar-refractivity contribution in [2.75, 3.05) is 11.9 Å². The van der Waals surface area contributed by atoms with Crippen LogP contribution in [0.25, 0.3) is 5.57 Å². The Labute approximate surface area is 157 Å². The van der Waals surface area contributed by atoms with Gasteiger partial charge in [0.15, 0.2) is 0 Å². The van der Waals surface area contributed by atoms with Gasteiger partial charge in [-0.25, -0.2) is 4.79 Å². The number of nitroso groups, excluding NO2 is 1. The lowest BCUT2D eigenvalue weighted by molar-refractivity contribution is -0.483. The Balaban J connectivity index is 1.50. The highest BCUT2D eigenvalue weighted by atomic mass is 16.5.